The number of methoxy groups -OCH3 is 1. The Kier molecular flexibility index (Phi) is 4.70. The Morgan fingerprint density at radius 2 is 2.35 bits per heavy atom. The quantitative estimate of drug-likeness (QED) is 0.676. The minimum absolute atomic E-state index is 0.156. The maximum Gasteiger partial charge on any atom is 0.326 e. The molecule has 0 aliphatic carbocycles. The molecule has 0 saturated heterocycles. The first-order chi connectivity index (χ1) is 9.63. The number of nitrogens with zero attached hydrogens (tertiary/aromatic N) is 2. The zero-order valence-electron chi connectivity index (χ0n) is 11.2. The zero-order valence-corrected chi connectivity index (χ0v) is 11.2. The van der Waals surface area contributed by atoms with Crippen LogP contribution in [-0.4, -0.2) is 64.8 Å². The van der Waals surface area contributed by atoms with Gasteiger partial charge in [-0.15, -0.1) is 0 Å². The molecule has 2 heterocycles. The number of imidazole rings is 1. The normalized spacial score (nSPS) is 17.9. The van der Waals surface area contributed by atoms with E-state index < -0.39 is 12.0 Å². The van der Waals surface area contributed by atoms with Gasteiger partial charge in [-0.1, -0.05) is 0 Å². The second-order valence-corrected chi connectivity index (χ2v) is 4.45. The first-order valence-electron chi connectivity index (χ1n) is 6.23. The number of aliphatic carboxylic acids is 1. The summed E-state index contributed by atoms with van der Waals surface area (Å²) in [5.74, 6) is -1.39. The van der Waals surface area contributed by atoms with E-state index in [0.29, 0.717) is 18.9 Å². The molecule has 1 aliphatic rings. The third kappa shape index (κ3) is 3.14. The molecule has 1 amide bonds. The zero-order chi connectivity index (χ0) is 14.5. The number of aromatic amines is 1. The fourth-order valence-electron chi connectivity index (χ4n) is 2.10. The van der Waals surface area contributed by atoms with Gasteiger partial charge in [-0.25, -0.2) is 9.78 Å². The van der Waals surface area contributed by atoms with Crippen LogP contribution in [0.5, 0.6) is 0 Å². The van der Waals surface area contributed by atoms with Gasteiger partial charge in [0.25, 0.3) is 0 Å². The standard InChI is InChI=1S/C12H17N3O5/c1-19-2-3-20-6-11(16)15-5-9-8(13-7-14-9)4-10(15)12(17)18/h7,10H,2-6H2,1H3,(H,13,14)(H,17,18). The number of rotatable bonds is 6. The van der Waals surface area contributed by atoms with Crippen LogP contribution in [0.2, 0.25) is 0 Å². The number of fused-ring (bicyclic) bond motifs is 1. The number of hydrogen-bond donors (Lipinski definition) is 2. The largest absolute Gasteiger partial charge is 0.480 e. The Labute approximate surface area is 115 Å². The molecule has 0 spiro atoms. The molecule has 1 aromatic heterocycles. The summed E-state index contributed by atoms with van der Waals surface area (Å²) in [6.45, 7) is 0.735. The number of carbonyl (C=O) groups excluding carboxylic acids is 1. The number of carboxylic acids is 1. The maximum absolute atomic E-state index is 12.1. The average molecular weight is 283 g/mol. The highest BCUT2D eigenvalue weighted by molar-refractivity contribution is 5.85. The summed E-state index contributed by atoms with van der Waals surface area (Å²) < 4.78 is 9.96. The van der Waals surface area contributed by atoms with Gasteiger partial charge in [0.1, 0.15) is 12.6 Å². The molecule has 1 atom stereocenters. The van der Waals surface area contributed by atoms with Crippen LogP contribution < -0.4 is 0 Å². The van der Waals surface area contributed by atoms with Crippen molar-refractivity contribution in [2.45, 2.75) is 19.0 Å². The van der Waals surface area contributed by atoms with Crippen molar-refractivity contribution in [1.82, 2.24) is 14.9 Å². The molecular formula is C12H17N3O5. The van der Waals surface area contributed by atoms with Gasteiger partial charge in [0.2, 0.25) is 5.91 Å². The van der Waals surface area contributed by atoms with E-state index in [1.807, 2.05) is 0 Å². The van der Waals surface area contributed by atoms with Crippen LogP contribution in [0.4, 0.5) is 0 Å². The Hall–Kier alpha value is -1.93. The van der Waals surface area contributed by atoms with E-state index in [2.05, 4.69) is 9.97 Å². The topological polar surface area (TPSA) is 105 Å². The summed E-state index contributed by atoms with van der Waals surface area (Å²) in [5.41, 5.74) is 1.47. The van der Waals surface area contributed by atoms with Crippen LogP contribution >= 0.6 is 0 Å². The molecule has 8 heteroatoms. The summed E-state index contributed by atoms with van der Waals surface area (Å²) >= 11 is 0. The summed E-state index contributed by atoms with van der Waals surface area (Å²) in [6.07, 6.45) is 1.71. The Morgan fingerprint density at radius 1 is 1.55 bits per heavy atom. The summed E-state index contributed by atoms with van der Waals surface area (Å²) in [6, 6.07) is -0.899. The maximum atomic E-state index is 12.1. The van der Waals surface area contributed by atoms with E-state index in [0.717, 1.165) is 5.69 Å². The molecule has 0 saturated carbocycles. The van der Waals surface area contributed by atoms with Gasteiger partial charge in [-0.2, -0.15) is 0 Å². The number of nitrogens with one attached hydrogen (secondary N) is 1. The number of carboxylic acid groups (broad SMARTS) is 1. The molecule has 0 aromatic carbocycles. The smallest absolute Gasteiger partial charge is 0.326 e. The highest BCUT2D eigenvalue weighted by Gasteiger charge is 2.35. The van der Waals surface area contributed by atoms with Gasteiger partial charge >= 0.3 is 5.97 Å². The van der Waals surface area contributed by atoms with Crippen molar-refractivity contribution < 1.29 is 24.2 Å². The first-order valence-corrected chi connectivity index (χ1v) is 6.23. The van der Waals surface area contributed by atoms with Gasteiger partial charge in [0.05, 0.1) is 37.5 Å². The molecule has 1 aliphatic heterocycles. The SMILES string of the molecule is COCCOCC(=O)N1Cc2[nH]cnc2CC1C(=O)O. The van der Waals surface area contributed by atoms with Crippen LogP contribution in [0.3, 0.4) is 0 Å². The van der Waals surface area contributed by atoms with E-state index in [1.54, 1.807) is 0 Å². The van der Waals surface area contributed by atoms with Gasteiger partial charge in [-0.3, -0.25) is 4.79 Å². The van der Waals surface area contributed by atoms with E-state index in [9.17, 15) is 14.7 Å². The van der Waals surface area contributed by atoms with Crippen LogP contribution in [0, 0.1) is 0 Å². The van der Waals surface area contributed by atoms with Gasteiger partial charge < -0.3 is 24.5 Å². The fourth-order valence-corrected chi connectivity index (χ4v) is 2.10. The molecule has 1 aromatic rings. The van der Waals surface area contributed by atoms with E-state index >= 15 is 0 Å². The molecule has 0 radical (unpaired) electrons. The van der Waals surface area contributed by atoms with Crippen LogP contribution in [0.25, 0.3) is 0 Å². The minimum atomic E-state index is -1.04. The van der Waals surface area contributed by atoms with Crippen LogP contribution in [0.1, 0.15) is 11.4 Å². The second kappa shape index (κ2) is 6.49. The molecule has 0 bridgehead atoms. The fraction of sp³-hybridized carbons (Fsp3) is 0.583. The first kappa shape index (κ1) is 14.5. The highest BCUT2D eigenvalue weighted by atomic mass is 16.5. The molecule has 20 heavy (non-hydrogen) atoms. The van der Waals surface area contributed by atoms with Crippen molar-refractivity contribution in [3.8, 4) is 0 Å². The average Bonchev–Trinajstić information content (AvgIpc) is 2.89. The van der Waals surface area contributed by atoms with Gasteiger partial charge in [-0.05, 0) is 0 Å². The second-order valence-electron chi connectivity index (χ2n) is 4.45. The third-order valence-electron chi connectivity index (χ3n) is 3.16. The molecule has 2 rings (SSSR count). The van der Waals surface area contributed by atoms with Gasteiger partial charge in [0.15, 0.2) is 0 Å². The van der Waals surface area contributed by atoms with Crippen molar-refractivity contribution >= 4 is 11.9 Å². The van der Waals surface area contributed by atoms with Crippen molar-refractivity contribution in [2.24, 2.45) is 0 Å². The number of ether oxygens (including phenoxy) is 2. The predicted molar refractivity (Wildman–Crippen MR) is 67.0 cm³/mol. The lowest BCUT2D eigenvalue weighted by molar-refractivity contribution is -0.153. The molecule has 8 nitrogen and oxygen atoms in total. The molecule has 110 valence electrons. The molecule has 2 N–H and O–H groups in total. The Morgan fingerprint density at radius 3 is 3.05 bits per heavy atom. The van der Waals surface area contributed by atoms with Crippen LogP contribution in [0.15, 0.2) is 6.33 Å². The summed E-state index contributed by atoms with van der Waals surface area (Å²) in [4.78, 5) is 31.6. The number of aromatic nitrogens is 2. The number of amides is 1. The van der Waals surface area contributed by atoms with Crippen molar-refractivity contribution in [3.63, 3.8) is 0 Å². The van der Waals surface area contributed by atoms with E-state index in [1.165, 1.54) is 18.3 Å². The van der Waals surface area contributed by atoms with Crippen molar-refractivity contribution in [1.29, 1.82) is 0 Å². The lowest BCUT2D eigenvalue weighted by Gasteiger charge is -2.32. The lowest BCUT2D eigenvalue weighted by Crippen LogP contribution is -2.50. The van der Waals surface area contributed by atoms with E-state index in [4.69, 9.17) is 9.47 Å². The highest BCUT2D eigenvalue weighted by Crippen LogP contribution is 2.20. The number of H-pyrrole nitrogens is 1. The van der Waals surface area contributed by atoms with Crippen LogP contribution in [-0.2, 0) is 32.0 Å². The van der Waals surface area contributed by atoms with E-state index in [-0.39, 0.29) is 25.5 Å². The predicted octanol–water partition coefficient (Wildman–Crippen LogP) is -0.589. The summed E-state index contributed by atoms with van der Waals surface area (Å²) in [7, 11) is 1.54. The lowest BCUT2D eigenvalue weighted by atomic mass is 10.0. The Balaban J connectivity index is 2.01. The molecular weight excluding hydrogens is 266 g/mol. The monoisotopic (exact) mass is 283 g/mol. The molecule has 0 fully saturated rings. The summed E-state index contributed by atoms with van der Waals surface area (Å²) in [5, 5.41) is 9.24. The van der Waals surface area contributed by atoms with Crippen molar-refractivity contribution in [2.75, 3.05) is 26.9 Å². The minimum Gasteiger partial charge on any atom is -0.480 e. The van der Waals surface area contributed by atoms with Crippen molar-refractivity contribution in [3.05, 3.63) is 17.7 Å². The molecule has 1 unspecified atom stereocenters. The Bertz CT molecular complexity index is 487. The van der Waals surface area contributed by atoms with Gasteiger partial charge in [0, 0.05) is 13.5 Å². The number of hydrogen-bond acceptors (Lipinski definition) is 5. The number of carbonyl (C=O) groups is 2. The third-order valence-corrected chi connectivity index (χ3v) is 3.16.